The minimum atomic E-state index is -3.46. The summed E-state index contributed by atoms with van der Waals surface area (Å²) < 4.78 is 41.3. The molecule has 1 aromatic carbocycles. The summed E-state index contributed by atoms with van der Waals surface area (Å²) in [7, 11) is 1.30. The number of aryl methyl sites for hydroxylation is 1. The Bertz CT molecular complexity index is 1130. The first kappa shape index (κ1) is 25.1. The number of rotatable bonds is 6. The van der Waals surface area contributed by atoms with Crippen LogP contribution in [-0.4, -0.2) is 75.2 Å². The molecule has 1 aromatic heterocycles. The SMILES string of the molecule is Cc1cc(F)ccc1-c1cc(N2CCN(S(=O)(=O)N(C)C)CC2)ncc1N(C)C(=O)C(C)C. The third-order valence-electron chi connectivity index (χ3n) is 5.88. The highest BCUT2D eigenvalue weighted by atomic mass is 32.2. The van der Waals surface area contributed by atoms with Gasteiger partial charge in [-0.05, 0) is 36.2 Å². The van der Waals surface area contributed by atoms with E-state index >= 15 is 0 Å². The van der Waals surface area contributed by atoms with Crippen molar-refractivity contribution in [2.45, 2.75) is 20.8 Å². The molecule has 0 spiro atoms. The first-order valence-corrected chi connectivity index (χ1v) is 12.3. The van der Waals surface area contributed by atoms with Gasteiger partial charge in [-0.15, -0.1) is 0 Å². The Balaban J connectivity index is 1.98. The Morgan fingerprint density at radius 3 is 2.24 bits per heavy atom. The van der Waals surface area contributed by atoms with E-state index in [0.717, 1.165) is 16.7 Å². The summed E-state index contributed by atoms with van der Waals surface area (Å²) in [6, 6.07) is 6.48. The molecule has 3 rings (SSSR count). The van der Waals surface area contributed by atoms with Gasteiger partial charge in [0.25, 0.3) is 10.2 Å². The van der Waals surface area contributed by atoms with Crippen molar-refractivity contribution >= 4 is 27.6 Å². The predicted octanol–water partition coefficient (Wildman–Crippen LogP) is 2.74. The number of amides is 1. The zero-order valence-electron chi connectivity index (χ0n) is 20.0. The molecule has 10 heteroatoms. The van der Waals surface area contributed by atoms with Crippen LogP contribution < -0.4 is 9.80 Å². The number of halogens is 1. The molecule has 2 aromatic rings. The first-order valence-electron chi connectivity index (χ1n) is 10.9. The average molecular weight is 478 g/mol. The number of hydrogen-bond donors (Lipinski definition) is 0. The van der Waals surface area contributed by atoms with E-state index in [2.05, 4.69) is 4.98 Å². The summed E-state index contributed by atoms with van der Waals surface area (Å²) in [4.78, 5) is 20.9. The number of piperazine rings is 1. The topological polar surface area (TPSA) is 77.1 Å². The maximum absolute atomic E-state index is 13.8. The second kappa shape index (κ2) is 9.74. The lowest BCUT2D eigenvalue weighted by Gasteiger charge is -2.36. The van der Waals surface area contributed by atoms with Crippen molar-refractivity contribution in [3.8, 4) is 11.1 Å². The van der Waals surface area contributed by atoms with Gasteiger partial charge in [-0.1, -0.05) is 19.9 Å². The number of carbonyl (C=O) groups is 1. The average Bonchev–Trinajstić information content (AvgIpc) is 2.77. The Labute approximate surface area is 195 Å². The number of pyridine rings is 1. The molecule has 1 amide bonds. The smallest absolute Gasteiger partial charge is 0.281 e. The first-order chi connectivity index (χ1) is 15.4. The highest BCUT2D eigenvalue weighted by Crippen LogP contribution is 2.35. The standard InChI is InChI=1S/C23H32FN5O3S/c1-16(2)23(30)27(6)21-15-25-22(14-20(21)19-8-7-18(24)13-17(19)3)28-9-11-29(12-10-28)33(31,32)26(4)5/h7-8,13-16H,9-12H2,1-6H3. The summed E-state index contributed by atoms with van der Waals surface area (Å²) in [5.74, 6) is 0.123. The molecule has 180 valence electrons. The highest BCUT2D eigenvalue weighted by molar-refractivity contribution is 7.86. The van der Waals surface area contributed by atoms with Crippen molar-refractivity contribution in [2.24, 2.45) is 5.92 Å². The zero-order chi connectivity index (χ0) is 24.5. The Hall–Kier alpha value is -2.56. The van der Waals surface area contributed by atoms with E-state index in [9.17, 15) is 17.6 Å². The molecule has 0 radical (unpaired) electrons. The van der Waals surface area contributed by atoms with Gasteiger partial charge in [-0.3, -0.25) is 4.79 Å². The maximum atomic E-state index is 13.8. The van der Waals surface area contributed by atoms with E-state index in [0.29, 0.717) is 37.7 Å². The molecule has 1 saturated heterocycles. The molecule has 8 nitrogen and oxygen atoms in total. The summed E-state index contributed by atoms with van der Waals surface area (Å²) >= 11 is 0. The minimum absolute atomic E-state index is 0.0481. The molecule has 0 unspecified atom stereocenters. The van der Waals surface area contributed by atoms with E-state index in [1.807, 2.05) is 31.7 Å². The summed E-state index contributed by atoms with van der Waals surface area (Å²) in [5.41, 5.74) is 2.98. The molecule has 33 heavy (non-hydrogen) atoms. The molecule has 0 N–H and O–H groups in total. The van der Waals surface area contributed by atoms with Crippen molar-refractivity contribution in [3.63, 3.8) is 0 Å². The maximum Gasteiger partial charge on any atom is 0.281 e. The lowest BCUT2D eigenvalue weighted by atomic mass is 9.98. The fraction of sp³-hybridized carbons (Fsp3) is 0.478. The van der Waals surface area contributed by atoms with Crippen LogP contribution in [0.3, 0.4) is 0 Å². The van der Waals surface area contributed by atoms with Crippen molar-refractivity contribution in [1.29, 1.82) is 0 Å². The van der Waals surface area contributed by atoms with Gasteiger partial charge in [0.1, 0.15) is 11.6 Å². The minimum Gasteiger partial charge on any atom is -0.354 e. The van der Waals surface area contributed by atoms with Crippen LogP contribution in [-0.2, 0) is 15.0 Å². The van der Waals surface area contributed by atoms with Gasteiger partial charge in [-0.2, -0.15) is 17.0 Å². The number of anilines is 2. The van der Waals surface area contributed by atoms with Gasteiger partial charge in [0.2, 0.25) is 5.91 Å². The van der Waals surface area contributed by atoms with Gasteiger partial charge < -0.3 is 9.80 Å². The van der Waals surface area contributed by atoms with Crippen LogP contribution in [0.4, 0.5) is 15.9 Å². The second-order valence-electron chi connectivity index (χ2n) is 8.75. The Kier molecular flexibility index (Phi) is 7.40. The van der Waals surface area contributed by atoms with Crippen LogP contribution in [0.2, 0.25) is 0 Å². The van der Waals surface area contributed by atoms with E-state index in [1.165, 1.54) is 34.8 Å². The molecule has 1 aliphatic heterocycles. The van der Waals surface area contributed by atoms with Crippen LogP contribution in [0.25, 0.3) is 11.1 Å². The van der Waals surface area contributed by atoms with Crippen molar-refractivity contribution in [3.05, 3.63) is 41.8 Å². The predicted molar refractivity (Wildman–Crippen MR) is 129 cm³/mol. The van der Waals surface area contributed by atoms with Gasteiger partial charge in [0.15, 0.2) is 0 Å². The Morgan fingerprint density at radius 1 is 1.06 bits per heavy atom. The normalized spacial score (nSPS) is 15.4. The monoisotopic (exact) mass is 477 g/mol. The van der Waals surface area contributed by atoms with Gasteiger partial charge in [-0.25, -0.2) is 9.37 Å². The molecular weight excluding hydrogens is 445 g/mol. The summed E-state index contributed by atoms with van der Waals surface area (Å²) in [6.45, 7) is 7.18. The molecular formula is C23H32FN5O3S. The number of hydrogen-bond acceptors (Lipinski definition) is 5. The van der Waals surface area contributed by atoms with E-state index in [4.69, 9.17) is 0 Å². The molecule has 0 aliphatic carbocycles. The fourth-order valence-electron chi connectivity index (χ4n) is 3.91. The van der Waals surface area contributed by atoms with Crippen LogP contribution in [0, 0.1) is 18.7 Å². The lowest BCUT2D eigenvalue weighted by molar-refractivity contribution is -0.121. The lowest BCUT2D eigenvalue weighted by Crippen LogP contribution is -2.51. The number of carbonyl (C=O) groups excluding carboxylic acids is 1. The van der Waals surface area contributed by atoms with Crippen LogP contribution in [0.15, 0.2) is 30.5 Å². The third kappa shape index (κ3) is 5.18. The Morgan fingerprint density at radius 2 is 1.70 bits per heavy atom. The number of benzene rings is 1. The van der Waals surface area contributed by atoms with Crippen molar-refractivity contribution in [1.82, 2.24) is 13.6 Å². The van der Waals surface area contributed by atoms with Crippen LogP contribution in [0.5, 0.6) is 0 Å². The van der Waals surface area contributed by atoms with Gasteiger partial charge in [0, 0.05) is 58.8 Å². The fourth-order valence-corrected chi connectivity index (χ4v) is 4.99. The van der Waals surface area contributed by atoms with Gasteiger partial charge in [0.05, 0.1) is 11.9 Å². The van der Waals surface area contributed by atoms with Crippen LogP contribution >= 0.6 is 0 Å². The molecule has 2 heterocycles. The van der Waals surface area contributed by atoms with Gasteiger partial charge >= 0.3 is 0 Å². The van der Waals surface area contributed by atoms with Crippen molar-refractivity contribution in [2.75, 3.05) is 57.1 Å². The number of aromatic nitrogens is 1. The summed E-state index contributed by atoms with van der Waals surface area (Å²) in [6.07, 6.45) is 1.66. The molecule has 0 atom stereocenters. The highest BCUT2D eigenvalue weighted by Gasteiger charge is 2.29. The van der Waals surface area contributed by atoms with Crippen LogP contribution in [0.1, 0.15) is 19.4 Å². The third-order valence-corrected chi connectivity index (χ3v) is 7.82. The molecule has 1 aliphatic rings. The zero-order valence-corrected chi connectivity index (χ0v) is 20.9. The number of nitrogens with zero attached hydrogens (tertiary/aromatic N) is 5. The second-order valence-corrected chi connectivity index (χ2v) is 10.9. The summed E-state index contributed by atoms with van der Waals surface area (Å²) in [5, 5.41) is 0. The quantitative estimate of drug-likeness (QED) is 0.640. The van der Waals surface area contributed by atoms with E-state index in [-0.39, 0.29) is 17.6 Å². The van der Waals surface area contributed by atoms with E-state index in [1.54, 1.807) is 24.2 Å². The molecule has 0 saturated carbocycles. The van der Waals surface area contributed by atoms with Crippen molar-refractivity contribution < 1.29 is 17.6 Å². The van der Waals surface area contributed by atoms with E-state index < -0.39 is 10.2 Å². The largest absolute Gasteiger partial charge is 0.354 e. The molecule has 1 fully saturated rings. The molecule has 0 bridgehead atoms.